The summed E-state index contributed by atoms with van der Waals surface area (Å²) in [7, 11) is 0. The van der Waals surface area contributed by atoms with Gasteiger partial charge in [0.2, 0.25) is 0 Å². The first-order chi connectivity index (χ1) is 9.18. The Morgan fingerprint density at radius 3 is 1.50 bits per heavy atom. The van der Waals surface area contributed by atoms with E-state index in [2.05, 4.69) is 58.3 Å². The van der Waals surface area contributed by atoms with Gasteiger partial charge in [-0.15, -0.1) is 24.8 Å². The summed E-state index contributed by atoms with van der Waals surface area (Å²) in [6.45, 7) is 14.0. The second kappa shape index (κ2) is 7.68. The van der Waals surface area contributed by atoms with Crippen LogP contribution in [0.2, 0.25) is 8.76 Å². The smallest absolute Gasteiger partial charge is 0.147 e. The van der Waals surface area contributed by atoms with Crippen LogP contribution in [0.5, 0.6) is 0 Å². The van der Waals surface area contributed by atoms with Crippen molar-refractivity contribution in [1.29, 1.82) is 0 Å². The van der Waals surface area contributed by atoms with E-state index in [0.29, 0.717) is 0 Å². The van der Waals surface area contributed by atoms with Crippen molar-refractivity contribution in [3.05, 3.63) is 41.0 Å². The maximum Gasteiger partial charge on any atom is -0.147 e. The zero-order chi connectivity index (χ0) is 15.2. The van der Waals surface area contributed by atoms with Crippen LogP contribution in [0.25, 0.3) is 0 Å². The van der Waals surface area contributed by atoms with Gasteiger partial charge in [0.25, 0.3) is 0 Å². The third-order valence-corrected chi connectivity index (χ3v) is 28.6. The zero-order valence-electron chi connectivity index (χ0n) is 15.0. The molecule has 0 heterocycles. The third kappa shape index (κ3) is 3.82. The van der Waals surface area contributed by atoms with Crippen LogP contribution >= 0.6 is 24.8 Å². The molecule has 0 saturated heterocycles. The first kappa shape index (κ1) is 22.6. The minimum absolute atomic E-state index is 0. The number of allylic oxidation sites excluding steroid dienone is 8. The Bertz CT molecular complexity index is 602. The Hall–Kier alpha value is 0.640. The molecule has 0 atom stereocenters. The Morgan fingerprint density at radius 2 is 1.27 bits per heavy atom. The Kier molecular flexibility index (Phi) is 7.91. The molecular weight excluding hydrogens is 406 g/mol. The molecule has 0 unspecified atom stereocenters. The Labute approximate surface area is 151 Å². The maximum atomic E-state index is 2.71. The summed E-state index contributed by atoms with van der Waals surface area (Å²) in [4.78, 5) is 0. The van der Waals surface area contributed by atoms with E-state index in [-0.39, 0.29) is 24.8 Å². The third-order valence-electron chi connectivity index (χ3n) is 5.84. The molecule has 2 rings (SSSR count). The largest absolute Gasteiger partial charge is 0.147 e. The molecule has 0 radical (unpaired) electrons. The number of halogens is 2. The molecule has 0 aliphatic heterocycles. The average Bonchev–Trinajstić information content (AvgIpc) is 2.86. The topological polar surface area (TPSA) is 0 Å². The quantitative estimate of drug-likeness (QED) is 0.459. The number of hydrogen-bond acceptors (Lipinski definition) is 0. The SMILES string of the molecule is CC[CH2][Zr]([CH3])(=[SiH2])([C]1=CC(C)=C(C)C1)[C]1=CC(C)=C(C)C1.Cl.Cl. The van der Waals surface area contributed by atoms with Crippen LogP contribution in [0, 0.1) is 0 Å². The first-order valence-electron chi connectivity index (χ1n) is 7.98. The molecule has 0 saturated carbocycles. The average molecular weight is 439 g/mol. The fourth-order valence-electron chi connectivity index (χ4n) is 3.86. The fraction of sp³-hybridized carbons (Fsp3) is 0.556. The van der Waals surface area contributed by atoms with Crippen LogP contribution in [-0.2, 0) is 17.4 Å². The van der Waals surface area contributed by atoms with Crippen molar-refractivity contribution in [1.82, 2.24) is 0 Å². The molecule has 2 aliphatic carbocycles. The van der Waals surface area contributed by atoms with Crippen molar-refractivity contribution >= 4 is 31.7 Å². The number of rotatable bonds is 4. The van der Waals surface area contributed by atoms with Crippen molar-refractivity contribution in [3.63, 3.8) is 0 Å². The van der Waals surface area contributed by atoms with Gasteiger partial charge in [-0.3, -0.25) is 0 Å². The van der Waals surface area contributed by atoms with Gasteiger partial charge in [-0.05, 0) is 0 Å². The monoisotopic (exact) mass is 436 g/mol. The predicted molar refractivity (Wildman–Crippen MR) is 106 cm³/mol. The summed E-state index contributed by atoms with van der Waals surface area (Å²) >= 11 is -2.91. The van der Waals surface area contributed by atoms with E-state index in [0.717, 1.165) is 0 Å². The molecule has 0 amide bonds. The van der Waals surface area contributed by atoms with Crippen LogP contribution in [0.3, 0.4) is 0 Å². The second-order valence-corrected chi connectivity index (χ2v) is 34.6. The van der Waals surface area contributed by atoms with Gasteiger partial charge in [0.1, 0.15) is 0 Å². The molecule has 2 aliphatic rings. The summed E-state index contributed by atoms with van der Waals surface area (Å²) in [5.41, 5.74) is 6.27. The molecule has 0 aromatic heterocycles. The standard InChI is InChI=1S/2C7H9.C3H7.CH3.2ClH.H2Si.Zr/c2*1-6-4-3-5-7(6)2;1-3-2;;;;;/h2*4H,5H2,1-2H3;1,3H2,2H3;1H3;2*1H;1H2;. The Balaban J connectivity index is 0.00000220. The summed E-state index contributed by atoms with van der Waals surface area (Å²) < 4.78 is 7.85. The predicted octanol–water partition coefficient (Wildman–Crippen LogP) is 6.19. The van der Waals surface area contributed by atoms with Crippen molar-refractivity contribution in [2.45, 2.75) is 62.6 Å². The van der Waals surface area contributed by atoms with Crippen molar-refractivity contribution in [3.8, 4) is 0 Å². The fourth-order valence-corrected chi connectivity index (χ4v) is 21.5. The molecule has 0 nitrogen and oxygen atoms in total. The van der Waals surface area contributed by atoms with Crippen LogP contribution in [0.1, 0.15) is 53.9 Å². The minimum Gasteiger partial charge on any atom is -0.147 e. The Morgan fingerprint density at radius 1 is 0.909 bits per heavy atom. The summed E-state index contributed by atoms with van der Waals surface area (Å²) in [6, 6.07) is 0. The molecule has 0 aromatic rings. The molecule has 4 heteroatoms. The van der Waals surface area contributed by atoms with Gasteiger partial charge in [-0.25, -0.2) is 0 Å². The zero-order valence-corrected chi connectivity index (χ0v) is 20.5. The van der Waals surface area contributed by atoms with Crippen LogP contribution < -0.4 is 0 Å². The molecule has 0 N–H and O–H groups in total. The van der Waals surface area contributed by atoms with Crippen molar-refractivity contribution < 1.29 is 17.4 Å². The number of hydrogen-bond donors (Lipinski definition) is 0. The summed E-state index contributed by atoms with van der Waals surface area (Å²) in [5, 5.41) is 0. The van der Waals surface area contributed by atoms with Gasteiger partial charge in [-0.1, -0.05) is 0 Å². The van der Waals surface area contributed by atoms with E-state index < -0.39 is 17.4 Å². The maximum absolute atomic E-state index is 2.91. The molecule has 0 spiro atoms. The van der Waals surface area contributed by atoms with Gasteiger partial charge in [0.05, 0.1) is 0 Å². The van der Waals surface area contributed by atoms with Gasteiger partial charge < -0.3 is 0 Å². The van der Waals surface area contributed by atoms with E-state index in [4.69, 9.17) is 0 Å². The van der Waals surface area contributed by atoms with E-state index in [1.165, 1.54) is 34.5 Å². The second-order valence-electron chi connectivity index (χ2n) is 7.66. The summed E-state index contributed by atoms with van der Waals surface area (Å²) in [5.74, 6) is 0. The van der Waals surface area contributed by atoms with Gasteiger partial charge >= 0.3 is 128 Å². The molecule has 0 bridgehead atoms. The van der Waals surface area contributed by atoms with Crippen LogP contribution in [-0.4, -0.2) is 6.88 Å². The first-order valence-corrected chi connectivity index (χ1v) is 20.6. The van der Waals surface area contributed by atoms with Crippen molar-refractivity contribution in [2.75, 3.05) is 0 Å². The van der Waals surface area contributed by atoms with Crippen LogP contribution in [0.4, 0.5) is 0 Å². The molecule has 0 fully saturated rings. The minimum atomic E-state index is -2.91. The summed E-state index contributed by atoms with van der Waals surface area (Å²) in [6.07, 6.45) is 8.97. The van der Waals surface area contributed by atoms with Gasteiger partial charge in [0, 0.05) is 0 Å². The normalized spacial score (nSPS) is 18.9. The molecule has 22 heavy (non-hydrogen) atoms. The van der Waals surface area contributed by atoms with Crippen LogP contribution in [0.15, 0.2) is 41.0 Å². The molecular formula is C18H32Cl2SiZr. The van der Waals surface area contributed by atoms with E-state index >= 15 is 0 Å². The van der Waals surface area contributed by atoms with E-state index in [1.807, 2.05) is 6.56 Å². The van der Waals surface area contributed by atoms with E-state index in [1.54, 1.807) is 11.1 Å². The molecule has 126 valence electrons. The van der Waals surface area contributed by atoms with Gasteiger partial charge in [0.15, 0.2) is 0 Å². The van der Waals surface area contributed by atoms with Crippen molar-refractivity contribution in [2.24, 2.45) is 0 Å². The molecule has 0 aromatic carbocycles. The van der Waals surface area contributed by atoms with E-state index in [9.17, 15) is 0 Å². The van der Waals surface area contributed by atoms with Gasteiger partial charge in [-0.2, -0.15) is 0 Å².